The van der Waals surface area contributed by atoms with Crippen LogP contribution >= 0.6 is 12.2 Å². The van der Waals surface area contributed by atoms with E-state index in [9.17, 15) is 0 Å². The first-order valence-electron chi connectivity index (χ1n) is 8.48. The highest BCUT2D eigenvalue weighted by atomic mass is 32.1. The van der Waals surface area contributed by atoms with Gasteiger partial charge in [-0.3, -0.25) is 5.43 Å². The van der Waals surface area contributed by atoms with Crippen LogP contribution in [0.3, 0.4) is 0 Å². The summed E-state index contributed by atoms with van der Waals surface area (Å²) in [5.74, 6) is 0. The molecule has 3 nitrogen and oxygen atoms in total. The zero-order valence-corrected chi connectivity index (χ0v) is 14.4. The van der Waals surface area contributed by atoms with Crippen LogP contribution in [-0.4, -0.2) is 28.7 Å². The Morgan fingerprint density at radius 1 is 1.05 bits per heavy atom. The Kier molecular flexibility index (Phi) is 9.19. The maximum absolute atomic E-state index is 5.40. The van der Waals surface area contributed by atoms with Crippen molar-refractivity contribution in [3.8, 4) is 0 Å². The van der Waals surface area contributed by atoms with Crippen molar-refractivity contribution < 1.29 is 0 Å². The summed E-state index contributed by atoms with van der Waals surface area (Å²) in [5.41, 5.74) is 3.38. The van der Waals surface area contributed by atoms with Crippen molar-refractivity contribution in [3.05, 3.63) is 0 Å². The van der Waals surface area contributed by atoms with Gasteiger partial charge in [0.25, 0.3) is 0 Å². The molecular weight excluding hydrogens is 266 g/mol. The Balaban J connectivity index is 2.07. The Morgan fingerprint density at radius 2 is 1.65 bits per heavy atom. The lowest BCUT2D eigenvalue weighted by atomic mass is 10.00. The zero-order valence-electron chi connectivity index (χ0n) is 13.6. The second kappa shape index (κ2) is 10.4. The Labute approximate surface area is 130 Å². The number of unbranched alkanes of at least 4 members (excludes halogenated alkanes) is 5. The molecule has 0 radical (unpaired) electrons. The van der Waals surface area contributed by atoms with Crippen LogP contribution in [0.25, 0.3) is 0 Å². The van der Waals surface area contributed by atoms with Gasteiger partial charge in [0, 0.05) is 18.6 Å². The minimum absolute atomic E-state index is 0.576. The van der Waals surface area contributed by atoms with Gasteiger partial charge in [0.2, 0.25) is 0 Å². The number of hydrogen-bond donors (Lipinski definition) is 2. The molecule has 0 saturated carbocycles. The molecule has 0 aromatic rings. The van der Waals surface area contributed by atoms with E-state index in [1.165, 1.54) is 57.8 Å². The van der Waals surface area contributed by atoms with Crippen molar-refractivity contribution in [1.29, 1.82) is 0 Å². The monoisotopic (exact) mass is 299 g/mol. The third-order valence-electron chi connectivity index (χ3n) is 4.24. The van der Waals surface area contributed by atoms with Gasteiger partial charge in [0.1, 0.15) is 0 Å². The van der Waals surface area contributed by atoms with E-state index in [-0.39, 0.29) is 0 Å². The van der Waals surface area contributed by atoms with Crippen molar-refractivity contribution in [1.82, 2.24) is 15.8 Å². The summed E-state index contributed by atoms with van der Waals surface area (Å²) < 4.78 is 0. The minimum Gasteiger partial charge on any atom is -0.362 e. The maximum atomic E-state index is 5.40. The number of piperidine rings is 1. The minimum atomic E-state index is 0.576. The van der Waals surface area contributed by atoms with Gasteiger partial charge in [-0.1, -0.05) is 45.4 Å². The molecule has 2 N–H and O–H groups in total. The lowest BCUT2D eigenvalue weighted by Gasteiger charge is -2.39. The van der Waals surface area contributed by atoms with Gasteiger partial charge in [-0.2, -0.15) is 0 Å². The maximum Gasteiger partial charge on any atom is 0.181 e. The van der Waals surface area contributed by atoms with E-state index in [4.69, 9.17) is 12.2 Å². The van der Waals surface area contributed by atoms with Crippen LogP contribution in [0.15, 0.2) is 0 Å². The van der Waals surface area contributed by atoms with Gasteiger partial charge in [-0.15, -0.1) is 0 Å². The summed E-state index contributed by atoms with van der Waals surface area (Å²) in [6.07, 6.45) is 11.8. The van der Waals surface area contributed by atoms with E-state index in [1.54, 1.807) is 0 Å². The number of nitrogens with zero attached hydrogens (tertiary/aromatic N) is 1. The lowest BCUT2D eigenvalue weighted by molar-refractivity contribution is 0.0736. The van der Waals surface area contributed by atoms with Crippen molar-refractivity contribution in [2.24, 2.45) is 0 Å². The molecule has 0 unspecified atom stereocenters. The smallest absolute Gasteiger partial charge is 0.181 e. The van der Waals surface area contributed by atoms with Crippen LogP contribution in [0.4, 0.5) is 0 Å². The molecule has 20 heavy (non-hydrogen) atoms. The first-order valence-corrected chi connectivity index (χ1v) is 8.88. The molecule has 1 aliphatic heterocycles. The summed E-state index contributed by atoms with van der Waals surface area (Å²) in [7, 11) is 0. The van der Waals surface area contributed by atoms with Gasteiger partial charge in [0.05, 0.1) is 0 Å². The van der Waals surface area contributed by atoms with Gasteiger partial charge < -0.3 is 5.32 Å². The molecule has 1 heterocycles. The van der Waals surface area contributed by atoms with Crippen molar-refractivity contribution >= 4 is 17.3 Å². The molecule has 0 amide bonds. The Hall–Kier alpha value is -0.350. The molecule has 1 saturated heterocycles. The molecule has 1 rings (SSSR count). The molecular formula is C16H33N3S. The van der Waals surface area contributed by atoms with Crippen LogP contribution in [0.2, 0.25) is 0 Å². The van der Waals surface area contributed by atoms with Crippen molar-refractivity contribution in [3.63, 3.8) is 0 Å². The van der Waals surface area contributed by atoms with Crippen LogP contribution in [0, 0.1) is 0 Å². The molecule has 0 aromatic heterocycles. The van der Waals surface area contributed by atoms with E-state index in [0.29, 0.717) is 12.1 Å². The number of hydrogen-bond acceptors (Lipinski definition) is 2. The fraction of sp³-hybridized carbons (Fsp3) is 0.938. The highest BCUT2D eigenvalue weighted by molar-refractivity contribution is 7.80. The SMILES string of the molecule is CCCCCCCCNC(=S)NN1[C@H](C)CCC[C@@H]1C. The van der Waals surface area contributed by atoms with E-state index in [0.717, 1.165) is 11.7 Å². The van der Waals surface area contributed by atoms with Crippen LogP contribution in [-0.2, 0) is 0 Å². The molecule has 118 valence electrons. The molecule has 1 fully saturated rings. The molecule has 0 aromatic carbocycles. The second-order valence-corrected chi connectivity index (χ2v) is 6.58. The standard InChI is InChI=1S/C16H33N3S/c1-4-5-6-7-8-9-13-17-16(20)18-19-14(2)11-10-12-15(19)3/h14-15H,4-13H2,1-3H3,(H2,17,18,20)/t14-,15+. The van der Waals surface area contributed by atoms with Gasteiger partial charge in [0.15, 0.2) is 5.11 Å². The lowest BCUT2D eigenvalue weighted by Crippen LogP contribution is -2.56. The average molecular weight is 300 g/mol. The first kappa shape index (κ1) is 17.7. The molecule has 0 aliphatic carbocycles. The molecule has 1 aliphatic rings. The topological polar surface area (TPSA) is 27.3 Å². The molecule has 0 spiro atoms. The fourth-order valence-corrected chi connectivity index (χ4v) is 3.11. The first-order chi connectivity index (χ1) is 9.65. The van der Waals surface area contributed by atoms with E-state index in [1.807, 2.05) is 0 Å². The summed E-state index contributed by atoms with van der Waals surface area (Å²) in [6.45, 7) is 7.81. The summed E-state index contributed by atoms with van der Waals surface area (Å²) in [6, 6.07) is 1.15. The fourth-order valence-electron chi connectivity index (χ4n) is 2.91. The van der Waals surface area contributed by atoms with E-state index in [2.05, 4.69) is 36.5 Å². The van der Waals surface area contributed by atoms with Crippen molar-refractivity contribution in [2.45, 2.75) is 90.6 Å². The molecule has 2 atom stereocenters. The predicted octanol–water partition coefficient (Wildman–Crippen LogP) is 3.99. The zero-order chi connectivity index (χ0) is 14.8. The largest absolute Gasteiger partial charge is 0.362 e. The van der Waals surface area contributed by atoms with Gasteiger partial charge in [-0.25, -0.2) is 5.01 Å². The van der Waals surface area contributed by atoms with Gasteiger partial charge in [-0.05, 0) is 45.3 Å². The molecule has 0 bridgehead atoms. The van der Waals surface area contributed by atoms with Crippen molar-refractivity contribution in [2.75, 3.05) is 6.54 Å². The van der Waals surface area contributed by atoms with Crippen LogP contribution in [0.5, 0.6) is 0 Å². The highest BCUT2D eigenvalue weighted by Crippen LogP contribution is 2.19. The van der Waals surface area contributed by atoms with E-state index < -0.39 is 0 Å². The normalized spacial score (nSPS) is 23.6. The number of thiocarbonyl (C=S) groups is 1. The number of nitrogens with one attached hydrogen (secondary N) is 2. The number of rotatable bonds is 8. The summed E-state index contributed by atoms with van der Waals surface area (Å²) in [5, 5.41) is 6.45. The van der Waals surface area contributed by atoms with Crippen LogP contribution < -0.4 is 10.7 Å². The predicted molar refractivity (Wildman–Crippen MR) is 91.7 cm³/mol. The Bertz CT molecular complexity index is 260. The van der Waals surface area contributed by atoms with Crippen LogP contribution in [0.1, 0.15) is 78.6 Å². The third-order valence-corrected chi connectivity index (χ3v) is 4.48. The second-order valence-electron chi connectivity index (χ2n) is 6.17. The summed E-state index contributed by atoms with van der Waals surface area (Å²) in [4.78, 5) is 0. The average Bonchev–Trinajstić information content (AvgIpc) is 2.42. The van der Waals surface area contributed by atoms with E-state index >= 15 is 0 Å². The third kappa shape index (κ3) is 6.89. The van der Waals surface area contributed by atoms with Gasteiger partial charge >= 0.3 is 0 Å². The summed E-state index contributed by atoms with van der Waals surface area (Å²) >= 11 is 5.40. The Morgan fingerprint density at radius 3 is 2.30 bits per heavy atom. The highest BCUT2D eigenvalue weighted by Gasteiger charge is 2.24. The quantitative estimate of drug-likeness (QED) is 0.523. The molecule has 4 heteroatoms. The number of hydrazine groups is 1.